The molecular weight excluding hydrogens is 236 g/mol. The van der Waals surface area contributed by atoms with Gasteiger partial charge in [0, 0.05) is 14.2 Å². The van der Waals surface area contributed by atoms with Gasteiger partial charge in [0.25, 0.3) is 0 Å². The van der Waals surface area contributed by atoms with E-state index in [9.17, 15) is 0 Å². The first-order valence-corrected chi connectivity index (χ1v) is 9.37. The minimum Gasteiger partial charge on any atom is -0.393 e. The molecule has 0 aliphatic heterocycles. The molecule has 4 nitrogen and oxygen atoms in total. The Balaban J connectivity index is 3.88. The first-order valence-electron chi connectivity index (χ1n) is 6.26. The highest BCUT2D eigenvalue weighted by Gasteiger charge is 2.24. The van der Waals surface area contributed by atoms with Crippen LogP contribution in [0.15, 0.2) is 0 Å². The van der Waals surface area contributed by atoms with Crippen LogP contribution < -0.4 is 0 Å². The van der Waals surface area contributed by atoms with E-state index >= 15 is 0 Å². The average molecular weight is 264 g/mol. The van der Waals surface area contributed by atoms with Crippen LogP contribution in [0.25, 0.3) is 0 Å². The summed E-state index contributed by atoms with van der Waals surface area (Å²) in [7, 11) is 1.75. The second-order valence-electron chi connectivity index (χ2n) is 4.84. The Labute approximate surface area is 107 Å². The maximum atomic E-state index is 5.97. The van der Waals surface area contributed by atoms with Crippen LogP contribution in [-0.2, 0) is 18.6 Å². The predicted octanol–water partition coefficient (Wildman–Crippen LogP) is 2.64. The summed E-state index contributed by atoms with van der Waals surface area (Å²) >= 11 is 0. The van der Waals surface area contributed by atoms with Crippen LogP contribution in [-0.4, -0.2) is 48.1 Å². The third-order valence-corrected chi connectivity index (χ3v) is 5.21. The van der Waals surface area contributed by atoms with E-state index in [1.807, 2.05) is 6.92 Å². The van der Waals surface area contributed by atoms with Gasteiger partial charge in [0.15, 0.2) is 8.32 Å². The molecule has 0 rings (SSSR count). The summed E-state index contributed by atoms with van der Waals surface area (Å²) < 4.78 is 21.9. The van der Waals surface area contributed by atoms with Gasteiger partial charge >= 0.3 is 0 Å². The zero-order valence-corrected chi connectivity index (χ0v) is 13.1. The molecular formula is C12H28O4Si. The molecule has 5 heteroatoms. The molecule has 0 spiro atoms. The minimum atomic E-state index is -1.56. The third-order valence-electron chi connectivity index (χ3n) is 2.54. The standard InChI is InChI=1S/C12H28O4Si/c1-7-8-17(5,6)16-11(2)15-10-12(14-4)9-13-3/h11-12H,7-10H2,1-6H3. The van der Waals surface area contributed by atoms with Gasteiger partial charge in [-0.05, 0) is 26.1 Å². The summed E-state index contributed by atoms with van der Waals surface area (Å²) in [4.78, 5) is 0. The molecule has 2 unspecified atom stereocenters. The van der Waals surface area contributed by atoms with Crippen molar-refractivity contribution in [1.82, 2.24) is 0 Å². The van der Waals surface area contributed by atoms with Crippen molar-refractivity contribution < 1.29 is 18.6 Å². The number of hydrogen-bond acceptors (Lipinski definition) is 4. The van der Waals surface area contributed by atoms with E-state index in [1.165, 1.54) is 0 Å². The fourth-order valence-electron chi connectivity index (χ4n) is 1.76. The molecule has 0 saturated carbocycles. The lowest BCUT2D eigenvalue weighted by atomic mass is 10.4. The third kappa shape index (κ3) is 8.74. The lowest BCUT2D eigenvalue weighted by Crippen LogP contribution is -2.36. The van der Waals surface area contributed by atoms with Crippen LogP contribution in [0, 0.1) is 0 Å². The average Bonchev–Trinajstić information content (AvgIpc) is 2.23. The van der Waals surface area contributed by atoms with E-state index in [1.54, 1.807) is 14.2 Å². The first kappa shape index (κ1) is 17.1. The topological polar surface area (TPSA) is 36.9 Å². The van der Waals surface area contributed by atoms with Crippen molar-refractivity contribution >= 4 is 8.32 Å². The fraction of sp³-hybridized carbons (Fsp3) is 1.00. The molecule has 0 radical (unpaired) electrons. The van der Waals surface area contributed by atoms with E-state index in [2.05, 4.69) is 20.0 Å². The van der Waals surface area contributed by atoms with Crippen LogP contribution >= 0.6 is 0 Å². The van der Waals surface area contributed by atoms with Gasteiger partial charge in [0.05, 0.1) is 13.2 Å². The summed E-state index contributed by atoms with van der Waals surface area (Å²) in [6.45, 7) is 9.62. The molecule has 0 aromatic heterocycles. The summed E-state index contributed by atoms with van der Waals surface area (Å²) in [5.74, 6) is 0. The zero-order valence-electron chi connectivity index (χ0n) is 12.1. The molecule has 0 N–H and O–H groups in total. The smallest absolute Gasteiger partial charge is 0.190 e. The Bertz CT molecular complexity index is 187. The second kappa shape index (κ2) is 9.05. The minimum absolute atomic E-state index is 0.0259. The van der Waals surface area contributed by atoms with E-state index in [4.69, 9.17) is 18.6 Å². The lowest BCUT2D eigenvalue weighted by molar-refractivity contribution is -0.115. The molecule has 0 aromatic rings. The van der Waals surface area contributed by atoms with Crippen molar-refractivity contribution in [2.45, 2.75) is 51.8 Å². The van der Waals surface area contributed by atoms with Gasteiger partial charge < -0.3 is 18.6 Å². The van der Waals surface area contributed by atoms with E-state index in [0.717, 1.165) is 12.5 Å². The molecule has 0 fully saturated rings. The van der Waals surface area contributed by atoms with Crippen LogP contribution in [0.3, 0.4) is 0 Å². The molecule has 0 aliphatic carbocycles. The molecule has 104 valence electrons. The van der Waals surface area contributed by atoms with Gasteiger partial charge in [-0.3, -0.25) is 0 Å². The van der Waals surface area contributed by atoms with Crippen LogP contribution in [0.4, 0.5) is 0 Å². The van der Waals surface area contributed by atoms with Gasteiger partial charge in [-0.1, -0.05) is 13.3 Å². The molecule has 2 atom stereocenters. The van der Waals surface area contributed by atoms with Crippen LogP contribution in [0.1, 0.15) is 20.3 Å². The normalized spacial score (nSPS) is 15.9. The molecule has 0 aromatic carbocycles. The largest absolute Gasteiger partial charge is 0.393 e. The Kier molecular flexibility index (Phi) is 9.08. The van der Waals surface area contributed by atoms with Gasteiger partial charge in [0.2, 0.25) is 0 Å². The molecule has 0 aliphatic rings. The van der Waals surface area contributed by atoms with Crippen molar-refractivity contribution in [3.8, 4) is 0 Å². The Morgan fingerprint density at radius 3 is 2.24 bits per heavy atom. The van der Waals surface area contributed by atoms with Crippen molar-refractivity contribution in [3.05, 3.63) is 0 Å². The zero-order chi connectivity index (χ0) is 13.3. The van der Waals surface area contributed by atoms with E-state index < -0.39 is 8.32 Å². The summed E-state index contributed by atoms with van der Waals surface area (Å²) in [5, 5.41) is 0. The lowest BCUT2D eigenvalue weighted by Gasteiger charge is -2.28. The van der Waals surface area contributed by atoms with Crippen LogP contribution in [0.5, 0.6) is 0 Å². The maximum Gasteiger partial charge on any atom is 0.190 e. The summed E-state index contributed by atoms with van der Waals surface area (Å²) in [6.07, 6.45) is 0.968. The van der Waals surface area contributed by atoms with Gasteiger partial charge in [-0.15, -0.1) is 0 Å². The number of rotatable bonds is 10. The highest BCUT2D eigenvalue weighted by Crippen LogP contribution is 2.16. The molecule has 0 amide bonds. The van der Waals surface area contributed by atoms with Crippen molar-refractivity contribution in [2.75, 3.05) is 27.4 Å². The summed E-state index contributed by atoms with van der Waals surface area (Å²) in [5.41, 5.74) is 0. The molecule has 0 saturated heterocycles. The van der Waals surface area contributed by atoms with E-state index in [-0.39, 0.29) is 12.4 Å². The van der Waals surface area contributed by atoms with Crippen molar-refractivity contribution in [2.24, 2.45) is 0 Å². The molecule has 0 bridgehead atoms. The number of hydrogen-bond donors (Lipinski definition) is 0. The Morgan fingerprint density at radius 2 is 1.76 bits per heavy atom. The predicted molar refractivity (Wildman–Crippen MR) is 71.8 cm³/mol. The Hall–Kier alpha value is 0.0569. The fourth-order valence-corrected chi connectivity index (χ4v) is 4.05. The van der Waals surface area contributed by atoms with Gasteiger partial charge in [0.1, 0.15) is 12.4 Å². The first-order chi connectivity index (χ1) is 7.95. The second-order valence-corrected chi connectivity index (χ2v) is 9.10. The number of methoxy groups -OCH3 is 2. The van der Waals surface area contributed by atoms with Gasteiger partial charge in [-0.25, -0.2) is 0 Å². The number of ether oxygens (including phenoxy) is 3. The quantitative estimate of drug-likeness (QED) is 0.449. The summed E-state index contributed by atoms with van der Waals surface area (Å²) in [6, 6.07) is 1.16. The molecule has 0 heterocycles. The van der Waals surface area contributed by atoms with Gasteiger partial charge in [-0.2, -0.15) is 0 Å². The highest BCUT2D eigenvalue weighted by atomic mass is 28.4. The van der Waals surface area contributed by atoms with Crippen molar-refractivity contribution in [1.29, 1.82) is 0 Å². The van der Waals surface area contributed by atoms with Crippen LogP contribution in [0.2, 0.25) is 19.1 Å². The van der Waals surface area contributed by atoms with E-state index in [0.29, 0.717) is 13.2 Å². The molecule has 17 heavy (non-hydrogen) atoms. The monoisotopic (exact) mass is 264 g/mol. The SMILES string of the molecule is CCC[Si](C)(C)OC(C)OCC(COC)OC. The Morgan fingerprint density at radius 1 is 1.12 bits per heavy atom. The maximum absolute atomic E-state index is 5.97. The van der Waals surface area contributed by atoms with Crippen molar-refractivity contribution in [3.63, 3.8) is 0 Å². The highest BCUT2D eigenvalue weighted by molar-refractivity contribution is 6.71.